The van der Waals surface area contributed by atoms with Gasteiger partial charge < -0.3 is 0 Å². The highest BCUT2D eigenvalue weighted by Crippen LogP contribution is 2.24. The average Bonchev–Trinajstić information content (AvgIpc) is 2.66. The van der Waals surface area contributed by atoms with Gasteiger partial charge in [0.05, 0.1) is 10.7 Å². The lowest BCUT2D eigenvalue weighted by Crippen LogP contribution is -1.99. The highest BCUT2D eigenvalue weighted by atomic mass is 35.5. The summed E-state index contributed by atoms with van der Waals surface area (Å²) in [7, 11) is 0. The number of aromatic nitrogens is 3. The lowest BCUT2D eigenvalue weighted by Gasteiger charge is -2.04. The van der Waals surface area contributed by atoms with Crippen molar-refractivity contribution >= 4 is 11.6 Å². The fraction of sp³-hybridized carbons (Fsp3) is 0.200. The Morgan fingerprint density at radius 2 is 2.21 bits per heavy atom. The van der Waals surface area contributed by atoms with E-state index in [1.165, 1.54) is 0 Å². The van der Waals surface area contributed by atoms with Crippen LogP contribution in [0.25, 0.3) is 11.4 Å². The summed E-state index contributed by atoms with van der Waals surface area (Å²) in [5, 5.41) is 4.83. The summed E-state index contributed by atoms with van der Waals surface area (Å²) in [5.74, 6) is 0. The Kier molecular flexibility index (Phi) is 2.50. The molecule has 0 atom stereocenters. The highest BCUT2D eigenvalue weighted by Gasteiger charge is 2.08. The Labute approximate surface area is 87.3 Å². The third kappa shape index (κ3) is 1.51. The second-order valence-electron chi connectivity index (χ2n) is 2.87. The van der Waals surface area contributed by atoms with Gasteiger partial charge in [0.25, 0.3) is 0 Å². The van der Waals surface area contributed by atoms with Crippen molar-refractivity contribution < 1.29 is 0 Å². The van der Waals surface area contributed by atoms with Crippen molar-refractivity contribution in [1.82, 2.24) is 14.8 Å². The number of pyridine rings is 1. The normalized spacial score (nSPS) is 10.4. The third-order valence-corrected chi connectivity index (χ3v) is 2.32. The molecule has 2 rings (SSSR count). The molecule has 0 aromatic carbocycles. The van der Waals surface area contributed by atoms with Crippen molar-refractivity contribution in [3.05, 3.63) is 35.6 Å². The van der Waals surface area contributed by atoms with Crippen LogP contribution in [0.1, 0.15) is 6.92 Å². The first-order valence-electron chi connectivity index (χ1n) is 4.45. The second kappa shape index (κ2) is 3.80. The predicted octanol–water partition coefficient (Wildman–Crippen LogP) is 2.62. The average molecular weight is 208 g/mol. The first kappa shape index (κ1) is 9.21. The van der Waals surface area contributed by atoms with Gasteiger partial charge in [0, 0.05) is 18.9 Å². The zero-order chi connectivity index (χ0) is 9.97. The van der Waals surface area contributed by atoms with Crippen LogP contribution in [0, 0.1) is 0 Å². The van der Waals surface area contributed by atoms with Crippen LogP contribution in [0.4, 0.5) is 0 Å². The van der Waals surface area contributed by atoms with Crippen molar-refractivity contribution in [2.24, 2.45) is 0 Å². The standard InChI is InChI=1S/C10H10ClN3/c1-2-14-9(5-7-13-14)10-8(11)4-3-6-12-10/h3-7H,2H2,1H3. The molecule has 0 radical (unpaired) electrons. The summed E-state index contributed by atoms with van der Waals surface area (Å²) in [6.45, 7) is 2.85. The van der Waals surface area contributed by atoms with Gasteiger partial charge in [-0.05, 0) is 25.1 Å². The van der Waals surface area contributed by atoms with E-state index in [1.807, 2.05) is 29.8 Å². The topological polar surface area (TPSA) is 30.7 Å². The fourth-order valence-electron chi connectivity index (χ4n) is 1.36. The molecule has 2 aromatic heterocycles. The van der Waals surface area contributed by atoms with E-state index in [2.05, 4.69) is 10.1 Å². The van der Waals surface area contributed by atoms with Crippen LogP contribution in [-0.4, -0.2) is 14.8 Å². The van der Waals surface area contributed by atoms with Gasteiger partial charge in [0.2, 0.25) is 0 Å². The smallest absolute Gasteiger partial charge is 0.107 e. The van der Waals surface area contributed by atoms with Crippen LogP contribution in [0.15, 0.2) is 30.6 Å². The molecule has 4 heteroatoms. The van der Waals surface area contributed by atoms with Crippen molar-refractivity contribution in [3.8, 4) is 11.4 Å². The third-order valence-electron chi connectivity index (χ3n) is 2.02. The summed E-state index contributed by atoms with van der Waals surface area (Å²) in [6.07, 6.45) is 3.48. The summed E-state index contributed by atoms with van der Waals surface area (Å²) < 4.78 is 1.87. The molecule has 2 aromatic rings. The molecule has 0 aliphatic rings. The zero-order valence-corrected chi connectivity index (χ0v) is 8.57. The quantitative estimate of drug-likeness (QED) is 0.758. The molecular formula is C10H10ClN3. The van der Waals surface area contributed by atoms with Gasteiger partial charge in [0.1, 0.15) is 5.69 Å². The van der Waals surface area contributed by atoms with Crippen LogP contribution >= 0.6 is 11.6 Å². The van der Waals surface area contributed by atoms with E-state index < -0.39 is 0 Å². The number of nitrogens with zero attached hydrogens (tertiary/aromatic N) is 3. The predicted molar refractivity (Wildman–Crippen MR) is 56.1 cm³/mol. The molecule has 2 heterocycles. The summed E-state index contributed by atoms with van der Waals surface area (Å²) in [6, 6.07) is 5.56. The van der Waals surface area contributed by atoms with Gasteiger partial charge in [-0.3, -0.25) is 9.67 Å². The van der Waals surface area contributed by atoms with Gasteiger partial charge in [-0.15, -0.1) is 0 Å². The fourth-order valence-corrected chi connectivity index (χ4v) is 1.58. The maximum atomic E-state index is 6.04. The summed E-state index contributed by atoms with van der Waals surface area (Å²) in [5.41, 5.74) is 1.74. The van der Waals surface area contributed by atoms with E-state index in [0.717, 1.165) is 17.9 Å². The van der Waals surface area contributed by atoms with E-state index >= 15 is 0 Å². The molecule has 0 aliphatic heterocycles. The highest BCUT2D eigenvalue weighted by molar-refractivity contribution is 6.32. The molecule has 0 unspecified atom stereocenters. The molecule has 0 saturated carbocycles. The maximum absolute atomic E-state index is 6.04. The van der Waals surface area contributed by atoms with Gasteiger partial charge >= 0.3 is 0 Å². The molecular weight excluding hydrogens is 198 g/mol. The number of aryl methyl sites for hydroxylation is 1. The van der Waals surface area contributed by atoms with E-state index in [-0.39, 0.29) is 0 Å². The second-order valence-corrected chi connectivity index (χ2v) is 3.27. The minimum Gasteiger partial charge on any atom is -0.264 e. The number of hydrogen-bond acceptors (Lipinski definition) is 2. The molecule has 0 N–H and O–H groups in total. The Hall–Kier alpha value is -1.35. The first-order chi connectivity index (χ1) is 6.83. The molecule has 0 spiro atoms. The first-order valence-corrected chi connectivity index (χ1v) is 4.83. The van der Waals surface area contributed by atoms with E-state index in [4.69, 9.17) is 11.6 Å². The van der Waals surface area contributed by atoms with E-state index in [0.29, 0.717) is 5.02 Å². The van der Waals surface area contributed by atoms with Crippen LogP contribution in [-0.2, 0) is 6.54 Å². The Balaban J connectivity index is 2.54. The van der Waals surface area contributed by atoms with Gasteiger partial charge in [0.15, 0.2) is 0 Å². The van der Waals surface area contributed by atoms with Gasteiger partial charge in [-0.25, -0.2) is 0 Å². The largest absolute Gasteiger partial charge is 0.264 e. The van der Waals surface area contributed by atoms with Gasteiger partial charge in [-0.2, -0.15) is 5.10 Å². The van der Waals surface area contributed by atoms with Crippen LogP contribution in [0.3, 0.4) is 0 Å². The molecule has 3 nitrogen and oxygen atoms in total. The summed E-state index contributed by atoms with van der Waals surface area (Å²) in [4.78, 5) is 4.24. The minimum atomic E-state index is 0.655. The van der Waals surface area contributed by atoms with E-state index in [9.17, 15) is 0 Å². The molecule has 72 valence electrons. The van der Waals surface area contributed by atoms with Crippen molar-refractivity contribution in [1.29, 1.82) is 0 Å². The maximum Gasteiger partial charge on any atom is 0.107 e. The minimum absolute atomic E-state index is 0.655. The SMILES string of the molecule is CCn1nccc1-c1ncccc1Cl. The Morgan fingerprint density at radius 1 is 1.36 bits per heavy atom. The molecule has 0 aliphatic carbocycles. The molecule has 14 heavy (non-hydrogen) atoms. The molecule has 0 amide bonds. The van der Waals surface area contributed by atoms with Crippen LogP contribution in [0.5, 0.6) is 0 Å². The Bertz CT molecular complexity index is 436. The van der Waals surface area contributed by atoms with Crippen molar-refractivity contribution in [3.63, 3.8) is 0 Å². The number of rotatable bonds is 2. The van der Waals surface area contributed by atoms with Crippen LogP contribution in [0.2, 0.25) is 5.02 Å². The summed E-state index contributed by atoms with van der Waals surface area (Å²) >= 11 is 6.04. The van der Waals surface area contributed by atoms with Crippen molar-refractivity contribution in [2.75, 3.05) is 0 Å². The van der Waals surface area contributed by atoms with Crippen molar-refractivity contribution in [2.45, 2.75) is 13.5 Å². The number of halogens is 1. The zero-order valence-electron chi connectivity index (χ0n) is 7.81. The lowest BCUT2D eigenvalue weighted by atomic mass is 10.2. The number of hydrogen-bond donors (Lipinski definition) is 0. The monoisotopic (exact) mass is 207 g/mol. The molecule has 0 bridgehead atoms. The lowest BCUT2D eigenvalue weighted by molar-refractivity contribution is 0.665. The molecule has 0 saturated heterocycles. The van der Waals surface area contributed by atoms with Crippen LogP contribution < -0.4 is 0 Å². The van der Waals surface area contributed by atoms with Gasteiger partial charge in [-0.1, -0.05) is 11.6 Å². The Morgan fingerprint density at radius 3 is 2.93 bits per heavy atom. The van der Waals surface area contributed by atoms with E-state index in [1.54, 1.807) is 12.4 Å². The molecule has 0 fully saturated rings.